The van der Waals surface area contributed by atoms with Crippen molar-refractivity contribution in [3.8, 4) is 11.8 Å². The Hall–Kier alpha value is -1.57. The van der Waals surface area contributed by atoms with Crippen LogP contribution in [0.5, 0.6) is 5.75 Å². The van der Waals surface area contributed by atoms with E-state index in [1.165, 1.54) is 0 Å². The van der Waals surface area contributed by atoms with E-state index in [-0.39, 0.29) is 6.10 Å². The van der Waals surface area contributed by atoms with Gasteiger partial charge in [-0.2, -0.15) is 5.26 Å². The van der Waals surface area contributed by atoms with Gasteiger partial charge in [-0.25, -0.2) is 0 Å². The number of nitriles is 1. The van der Waals surface area contributed by atoms with Gasteiger partial charge in [0.1, 0.15) is 12.4 Å². The third-order valence-electron chi connectivity index (χ3n) is 3.03. The van der Waals surface area contributed by atoms with Crippen molar-refractivity contribution >= 4 is 0 Å². The summed E-state index contributed by atoms with van der Waals surface area (Å²) < 4.78 is 16.5. The van der Waals surface area contributed by atoms with Crippen molar-refractivity contribution in [1.82, 2.24) is 0 Å². The summed E-state index contributed by atoms with van der Waals surface area (Å²) in [6, 6.07) is 9.70. The molecule has 0 saturated carbocycles. The van der Waals surface area contributed by atoms with Crippen molar-refractivity contribution in [2.75, 3.05) is 26.4 Å². The minimum Gasteiger partial charge on any atom is -0.491 e. The van der Waals surface area contributed by atoms with Gasteiger partial charge in [-0.15, -0.1) is 0 Å². The Balaban J connectivity index is 1.58. The van der Waals surface area contributed by atoms with Gasteiger partial charge in [0.05, 0.1) is 31.8 Å². The number of hydrogen-bond donors (Lipinski definition) is 0. The van der Waals surface area contributed by atoms with Crippen molar-refractivity contribution in [3.63, 3.8) is 0 Å². The van der Waals surface area contributed by atoms with Gasteiger partial charge in [0.2, 0.25) is 0 Å². The molecule has 1 atom stereocenters. The molecule has 0 aromatic heterocycles. The Labute approximate surface area is 113 Å². The minimum absolute atomic E-state index is 0.269. The largest absolute Gasteiger partial charge is 0.491 e. The monoisotopic (exact) mass is 261 g/mol. The van der Waals surface area contributed by atoms with Crippen LogP contribution in [0, 0.1) is 11.3 Å². The second-order valence-corrected chi connectivity index (χ2v) is 4.54. The SMILES string of the molecule is N#CCc1ccc(OCCOCC2CCCO2)cc1. The maximum atomic E-state index is 8.57. The molecule has 0 radical (unpaired) electrons. The molecule has 2 rings (SSSR count). The van der Waals surface area contributed by atoms with Crippen LogP contribution in [0.3, 0.4) is 0 Å². The van der Waals surface area contributed by atoms with Crippen molar-refractivity contribution in [3.05, 3.63) is 29.8 Å². The zero-order valence-corrected chi connectivity index (χ0v) is 11.0. The second-order valence-electron chi connectivity index (χ2n) is 4.54. The van der Waals surface area contributed by atoms with E-state index >= 15 is 0 Å². The van der Waals surface area contributed by atoms with Crippen LogP contribution in [0.2, 0.25) is 0 Å². The predicted octanol–water partition coefficient (Wildman–Crippen LogP) is 2.33. The minimum atomic E-state index is 0.269. The van der Waals surface area contributed by atoms with Crippen LogP contribution in [-0.2, 0) is 15.9 Å². The van der Waals surface area contributed by atoms with E-state index in [4.69, 9.17) is 19.5 Å². The van der Waals surface area contributed by atoms with Crippen LogP contribution in [0.25, 0.3) is 0 Å². The van der Waals surface area contributed by atoms with Crippen molar-refractivity contribution < 1.29 is 14.2 Å². The summed E-state index contributed by atoms with van der Waals surface area (Å²) in [6.07, 6.45) is 2.94. The third-order valence-corrected chi connectivity index (χ3v) is 3.03. The molecule has 1 saturated heterocycles. The first-order valence-corrected chi connectivity index (χ1v) is 6.66. The molecule has 1 aliphatic heterocycles. The number of benzene rings is 1. The summed E-state index contributed by atoms with van der Waals surface area (Å²) in [5, 5.41) is 8.57. The lowest BCUT2D eigenvalue weighted by Gasteiger charge is -2.11. The first-order chi connectivity index (χ1) is 9.38. The van der Waals surface area contributed by atoms with Gasteiger partial charge in [0, 0.05) is 6.61 Å². The molecule has 4 heteroatoms. The van der Waals surface area contributed by atoms with Gasteiger partial charge >= 0.3 is 0 Å². The lowest BCUT2D eigenvalue weighted by molar-refractivity contribution is 0.00853. The van der Waals surface area contributed by atoms with Crippen molar-refractivity contribution in [2.45, 2.75) is 25.4 Å². The number of hydrogen-bond acceptors (Lipinski definition) is 4. The van der Waals surface area contributed by atoms with Crippen LogP contribution >= 0.6 is 0 Å². The van der Waals surface area contributed by atoms with E-state index in [0.29, 0.717) is 26.2 Å². The fourth-order valence-corrected chi connectivity index (χ4v) is 2.00. The van der Waals surface area contributed by atoms with E-state index in [0.717, 1.165) is 30.8 Å². The lowest BCUT2D eigenvalue weighted by atomic mass is 10.2. The van der Waals surface area contributed by atoms with Crippen LogP contribution in [0.15, 0.2) is 24.3 Å². The maximum absolute atomic E-state index is 8.57. The zero-order valence-electron chi connectivity index (χ0n) is 11.0. The normalized spacial score (nSPS) is 18.2. The fourth-order valence-electron chi connectivity index (χ4n) is 2.00. The molecule has 19 heavy (non-hydrogen) atoms. The summed E-state index contributed by atoms with van der Waals surface area (Å²) in [5.74, 6) is 0.808. The van der Waals surface area contributed by atoms with Gasteiger partial charge < -0.3 is 14.2 Å². The topological polar surface area (TPSA) is 51.5 Å². The molecule has 0 bridgehead atoms. The van der Waals surface area contributed by atoms with Gasteiger partial charge in [0.15, 0.2) is 0 Å². The van der Waals surface area contributed by atoms with Gasteiger partial charge in [0.25, 0.3) is 0 Å². The molecule has 102 valence electrons. The van der Waals surface area contributed by atoms with Crippen molar-refractivity contribution in [2.24, 2.45) is 0 Å². The molecule has 0 spiro atoms. The molecule has 1 aromatic rings. The Bertz CT molecular complexity index is 404. The molecule has 1 fully saturated rings. The van der Waals surface area contributed by atoms with Crippen LogP contribution in [0.4, 0.5) is 0 Å². The summed E-state index contributed by atoms with van der Waals surface area (Å²) in [7, 11) is 0. The molecule has 0 amide bonds. The fraction of sp³-hybridized carbons (Fsp3) is 0.533. The van der Waals surface area contributed by atoms with Gasteiger partial charge in [-0.3, -0.25) is 0 Å². The number of nitrogens with zero attached hydrogens (tertiary/aromatic N) is 1. The first-order valence-electron chi connectivity index (χ1n) is 6.66. The summed E-state index contributed by atoms with van der Waals surface area (Å²) >= 11 is 0. The Morgan fingerprint density at radius 2 is 2.11 bits per heavy atom. The van der Waals surface area contributed by atoms with Gasteiger partial charge in [-0.1, -0.05) is 12.1 Å². The first kappa shape index (κ1) is 13.9. The third kappa shape index (κ3) is 4.90. The van der Waals surface area contributed by atoms with Crippen LogP contribution < -0.4 is 4.74 Å². The van der Waals surface area contributed by atoms with Crippen molar-refractivity contribution in [1.29, 1.82) is 5.26 Å². The molecule has 0 aliphatic carbocycles. The Morgan fingerprint density at radius 1 is 1.26 bits per heavy atom. The zero-order chi connectivity index (χ0) is 13.3. The second kappa shape index (κ2) is 7.78. The maximum Gasteiger partial charge on any atom is 0.119 e. The highest BCUT2D eigenvalue weighted by atomic mass is 16.5. The Kier molecular flexibility index (Phi) is 5.67. The van der Waals surface area contributed by atoms with Crippen LogP contribution in [-0.4, -0.2) is 32.5 Å². The summed E-state index contributed by atoms with van der Waals surface area (Å²) in [4.78, 5) is 0. The quantitative estimate of drug-likeness (QED) is 0.707. The molecular weight excluding hydrogens is 242 g/mol. The highest BCUT2D eigenvalue weighted by Gasteiger charge is 2.14. The predicted molar refractivity (Wildman–Crippen MR) is 71.0 cm³/mol. The van der Waals surface area contributed by atoms with E-state index in [1.54, 1.807) is 0 Å². The summed E-state index contributed by atoms with van der Waals surface area (Å²) in [6.45, 7) is 2.62. The van der Waals surface area contributed by atoms with Crippen LogP contribution in [0.1, 0.15) is 18.4 Å². The lowest BCUT2D eigenvalue weighted by Crippen LogP contribution is -2.17. The molecular formula is C15H19NO3. The molecule has 0 N–H and O–H groups in total. The smallest absolute Gasteiger partial charge is 0.119 e. The molecule has 1 heterocycles. The highest BCUT2D eigenvalue weighted by Crippen LogP contribution is 2.13. The molecule has 1 aliphatic rings. The summed E-state index contributed by atoms with van der Waals surface area (Å²) in [5.41, 5.74) is 1.00. The van der Waals surface area contributed by atoms with E-state index in [9.17, 15) is 0 Å². The average Bonchev–Trinajstić information content (AvgIpc) is 2.94. The van der Waals surface area contributed by atoms with E-state index in [1.807, 2.05) is 24.3 Å². The molecule has 4 nitrogen and oxygen atoms in total. The average molecular weight is 261 g/mol. The molecule has 1 unspecified atom stereocenters. The van der Waals surface area contributed by atoms with E-state index in [2.05, 4.69) is 6.07 Å². The Morgan fingerprint density at radius 3 is 2.79 bits per heavy atom. The van der Waals surface area contributed by atoms with E-state index < -0.39 is 0 Å². The standard InChI is InChI=1S/C15H19NO3/c16-8-7-13-3-5-14(6-4-13)19-11-10-17-12-15-2-1-9-18-15/h3-6,15H,1-2,7,9-12H2. The highest BCUT2D eigenvalue weighted by molar-refractivity contribution is 5.28. The number of rotatable bonds is 7. The molecule has 1 aromatic carbocycles. The number of ether oxygens (including phenoxy) is 3. The van der Waals surface area contributed by atoms with Gasteiger partial charge in [-0.05, 0) is 30.5 Å².